The van der Waals surface area contributed by atoms with Crippen LogP contribution in [0.2, 0.25) is 0 Å². The Morgan fingerprint density at radius 2 is 1.76 bits per heavy atom. The van der Waals surface area contributed by atoms with E-state index in [4.69, 9.17) is 0 Å². The van der Waals surface area contributed by atoms with Crippen molar-refractivity contribution in [3.05, 3.63) is 77.5 Å². The molecule has 0 radical (unpaired) electrons. The average Bonchev–Trinajstić information content (AvgIpc) is 2.63. The van der Waals surface area contributed by atoms with Crippen LogP contribution in [0.5, 0.6) is 0 Å². The topological polar surface area (TPSA) is 16.1 Å². The van der Waals surface area contributed by atoms with Crippen molar-refractivity contribution >= 4 is 10.9 Å². The molecule has 126 valence electrons. The minimum atomic E-state index is 0.671. The number of fused-ring (bicyclic) bond motifs is 3. The normalized spacial score (nSPS) is 23.2. The van der Waals surface area contributed by atoms with Crippen LogP contribution in [0.3, 0.4) is 0 Å². The zero-order chi connectivity index (χ0) is 16.6. The van der Waals surface area contributed by atoms with Gasteiger partial charge in [-0.3, -0.25) is 9.88 Å². The Morgan fingerprint density at radius 3 is 2.68 bits per heavy atom. The molecule has 2 aliphatic heterocycles. The van der Waals surface area contributed by atoms with E-state index in [0.29, 0.717) is 6.04 Å². The van der Waals surface area contributed by atoms with Gasteiger partial charge in [-0.05, 0) is 60.4 Å². The second-order valence-corrected chi connectivity index (χ2v) is 7.69. The van der Waals surface area contributed by atoms with Gasteiger partial charge in [0.1, 0.15) is 0 Å². The van der Waals surface area contributed by atoms with E-state index < -0.39 is 0 Å². The van der Waals surface area contributed by atoms with Gasteiger partial charge >= 0.3 is 0 Å². The molecule has 0 amide bonds. The smallest absolute Gasteiger partial charge is 0.0705 e. The third kappa shape index (κ3) is 2.85. The highest BCUT2D eigenvalue weighted by atomic mass is 15.2. The van der Waals surface area contributed by atoms with Crippen LogP contribution in [0.4, 0.5) is 0 Å². The highest BCUT2D eigenvalue weighted by Gasteiger charge is 2.31. The van der Waals surface area contributed by atoms with Gasteiger partial charge < -0.3 is 0 Å². The average molecular weight is 328 g/mol. The first kappa shape index (κ1) is 15.1. The van der Waals surface area contributed by atoms with Gasteiger partial charge in [0.25, 0.3) is 0 Å². The number of piperidine rings is 1. The van der Waals surface area contributed by atoms with Gasteiger partial charge in [0.15, 0.2) is 0 Å². The summed E-state index contributed by atoms with van der Waals surface area (Å²) in [5, 5.41) is 1.31. The summed E-state index contributed by atoms with van der Waals surface area (Å²) in [6.45, 7) is 2.28. The summed E-state index contributed by atoms with van der Waals surface area (Å²) in [4.78, 5) is 7.27. The lowest BCUT2D eigenvalue weighted by Crippen LogP contribution is -2.46. The van der Waals surface area contributed by atoms with Crippen LogP contribution in [-0.2, 0) is 19.4 Å². The van der Waals surface area contributed by atoms with E-state index in [1.54, 1.807) is 11.1 Å². The Kier molecular flexibility index (Phi) is 3.79. The maximum atomic E-state index is 4.53. The predicted molar refractivity (Wildman–Crippen MR) is 103 cm³/mol. The number of hydrogen-bond acceptors (Lipinski definition) is 2. The molecule has 6 rings (SSSR count). The number of nitrogens with zero attached hydrogens (tertiary/aromatic N) is 2. The minimum absolute atomic E-state index is 0.671. The maximum absolute atomic E-state index is 4.53. The van der Waals surface area contributed by atoms with Crippen LogP contribution in [-0.4, -0.2) is 22.5 Å². The van der Waals surface area contributed by atoms with Crippen LogP contribution < -0.4 is 0 Å². The molecule has 1 saturated heterocycles. The van der Waals surface area contributed by atoms with Crippen LogP contribution in [0.25, 0.3) is 10.9 Å². The van der Waals surface area contributed by atoms with Crippen LogP contribution in [0.1, 0.15) is 29.5 Å². The molecule has 1 fully saturated rings. The van der Waals surface area contributed by atoms with Gasteiger partial charge in [-0.2, -0.15) is 0 Å². The number of hydrogen-bond donors (Lipinski definition) is 0. The molecule has 2 bridgehead atoms. The summed E-state index contributed by atoms with van der Waals surface area (Å²) in [6, 6.07) is 20.6. The van der Waals surface area contributed by atoms with Gasteiger partial charge in [-0.1, -0.05) is 42.5 Å². The molecule has 2 aromatic carbocycles. The fourth-order valence-electron chi connectivity index (χ4n) is 4.82. The quantitative estimate of drug-likeness (QED) is 0.683. The number of benzene rings is 2. The van der Waals surface area contributed by atoms with E-state index in [1.807, 2.05) is 6.20 Å². The van der Waals surface area contributed by atoms with Crippen molar-refractivity contribution in [1.29, 1.82) is 0 Å². The van der Waals surface area contributed by atoms with E-state index >= 15 is 0 Å². The first-order valence-corrected chi connectivity index (χ1v) is 9.50. The monoisotopic (exact) mass is 328 g/mol. The van der Waals surface area contributed by atoms with Gasteiger partial charge in [-0.15, -0.1) is 0 Å². The van der Waals surface area contributed by atoms with E-state index in [9.17, 15) is 0 Å². The van der Waals surface area contributed by atoms with Crippen LogP contribution in [0, 0.1) is 5.92 Å². The molecule has 1 aliphatic carbocycles. The second-order valence-electron chi connectivity index (χ2n) is 7.69. The van der Waals surface area contributed by atoms with Gasteiger partial charge in [0.2, 0.25) is 0 Å². The van der Waals surface area contributed by atoms with Crippen molar-refractivity contribution in [3.8, 4) is 0 Å². The fraction of sp³-hybridized carbons (Fsp3) is 0.348. The molecule has 3 aromatic rings. The summed E-state index contributed by atoms with van der Waals surface area (Å²) in [6.07, 6.45) is 7.05. The Bertz CT molecular complexity index is 896. The van der Waals surface area contributed by atoms with E-state index in [0.717, 1.165) is 18.0 Å². The lowest BCUT2D eigenvalue weighted by atomic mass is 9.80. The molecule has 0 unspecified atom stereocenters. The molecule has 1 aromatic heterocycles. The standard InChI is InChI=1S/C23H24N2/c1-2-6-19-14-21-11-10-17(13-18(19)5-1)15-25(21)16-20-7-3-9-23-22(20)8-4-12-24-23/h1-9,12,17,21H,10-11,13-16H2/t17-,21+/m0/s1. The van der Waals surface area contributed by atoms with Crippen molar-refractivity contribution in [2.24, 2.45) is 5.92 Å². The van der Waals surface area contributed by atoms with Gasteiger partial charge in [0, 0.05) is 30.7 Å². The molecule has 3 aliphatic rings. The van der Waals surface area contributed by atoms with Crippen LogP contribution in [0.15, 0.2) is 60.8 Å². The molecular formula is C23H24N2. The molecule has 2 heteroatoms. The van der Waals surface area contributed by atoms with Crippen molar-refractivity contribution in [1.82, 2.24) is 9.88 Å². The molecular weight excluding hydrogens is 304 g/mol. The Labute approximate surface area is 149 Å². The Morgan fingerprint density at radius 1 is 0.880 bits per heavy atom. The first-order chi connectivity index (χ1) is 12.4. The van der Waals surface area contributed by atoms with Crippen molar-refractivity contribution in [2.75, 3.05) is 6.54 Å². The largest absolute Gasteiger partial charge is 0.295 e. The molecule has 3 heterocycles. The fourth-order valence-corrected chi connectivity index (χ4v) is 4.82. The van der Waals surface area contributed by atoms with Gasteiger partial charge in [-0.25, -0.2) is 0 Å². The van der Waals surface area contributed by atoms with E-state index in [1.165, 1.54) is 43.2 Å². The van der Waals surface area contributed by atoms with Crippen molar-refractivity contribution in [3.63, 3.8) is 0 Å². The third-order valence-corrected chi connectivity index (χ3v) is 6.11. The predicted octanol–water partition coefficient (Wildman–Crippen LogP) is 4.61. The molecule has 0 N–H and O–H groups in total. The Hall–Kier alpha value is -2.19. The summed E-state index contributed by atoms with van der Waals surface area (Å²) < 4.78 is 0. The lowest BCUT2D eigenvalue weighted by Gasteiger charge is -2.42. The summed E-state index contributed by atoms with van der Waals surface area (Å²) >= 11 is 0. The number of rotatable bonds is 2. The highest BCUT2D eigenvalue weighted by Crippen LogP contribution is 2.33. The first-order valence-electron chi connectivity index (χ1n) is 9.50. The summed E-state index contributed by atoms with van der Waals surface area (Å²) in [7, 11) is 0. The number of pyridine rings is 1. The number of aromatic nitrogens is 1. The zero-order valence-electron chi connectivity index (χ0n) is 14.6. The maximum Gasteiger partial charge on any atom is 0.0705 e. The van der Waals surface area contributed by atoms with E-state index in [2.05, 4.69) is 64.5 Å². The Balaban J connectivity index is 1.47. The molecule has 2 nitrogen and oxygen atoms in total. The summed E-state index contributed by atoms with van der Waals surface area (Å²) in [5.41, 5.74) is 5.69. The van der Waals surface area contributed by atoms with Gasteiger partial charge in [0.05, 0.1) is 5.52 Å². The SMILES string of the molecule is c1ccc2c(c1)C[C@@H]1CC[C@H](C2)N(Cc2cccc3ncccc23)C1. The zero-order valence-corrected chi connectivity index (χ0v) is 14.6. The van der Waals surface area contributed by atoms with E-state index in [-0.39, 0.29) is 0 Å². The van der Waals surface area contributed by atoms with Crippen molar-refractivity contribution < 1.29 is 0 Å². The van der Waals surface area contributed by atoms with Crippen LogP contribution >= 0.6 is 0 Å². The molecule has 0 spiro atoms. The lowest BCUT2D eigenvalue weighted by molar-refractivity contribution is 0.0942. The van der Waals surface area contributed by atoms with Crippen molar-refractivity contribution in [2.45, 2.75) is 38.3 Å². The summed E-state index contributed by atoms with van der Waals surface area (Å²) in [5.74, 6) is 0.797. The molecule has 2 atom stereocenters. The molecule has 0 saturated carbocycles. The minimum Gasteiger partial charge on any atom is -0.295 e. The molecule has 25 heavy (non-hydrogen) atoms. The third-order valence-electron chi connectivity index (χ3n) is 6.11. The second kappa shape index (κ2) is 6.27. The highest BCUT2D eigenvalue weighted by molar-refractivity contribution is 5.81.